The highest BCUT2D eigenvalue weighted by molar-refractivity contribution is 7.13. The summed E-state index contributed by atoms with van der Waals surface area (Å²) in [5, 5.41) is 8.81. The molecule has 0 fully saturated rings. The molecule has 140 valence electrons. The molecule has 4 aromatic rings. The van der Waals surface area contributed by atoms with Crippen LogP contribution in [0.2, 0.25) is 0 Å². The van der Waals surface area contributed by atoms with E-state index in [0.29, 0.717) is 29.6 Å². The van der Waals surface area contributed by atoms with Gasteiger partial charge in [-0.05, 0) is 29.1 Å². The van der Waals surface area contributed by atoms with Crippen LogP contribution in [-0.4, -0.2) is 16.0 Å². The number of amides is 1. The second-order valence-corrected chi connectivity index (χ2v) is 6.89. The van der Waals surface area contributed by atoms with Crippen LogP contribution in [0.25, 0.3) is 10.7 Å². The van der Waals surface area contributed by atoms with Gasteiger partial charge in [-0.2, -0.15) is 4.98 Å². The van der Waals surface area contributed by atoms with Crippen LogP contribution in [0.3, 0.4) is 0 Å². The smallest absolute Gasteiger partial charge is 0.264 e. The number of nitrogens with zero attached hydrogens (tertiary/aromatic N) is 2. The van der Waals surface area contributed by atoms with Gasteiger partial charge in [-0.1, -0.05) is 53.7 Å². The minimum absolute atomic E-state index is 0.0847. The van der Waals surface area contributed by atoms with Crippen molar-refractivity contribution >= 4 is 17.2 Å². The predicted octanol–water partition coefficient (Wildman–Crippen LogP) is 4.31. The minimum atomic E-state index is -0.204. The van der Waals surface area contributed by atoms with E-state index in [1.54, 1.807) is 18.2 Å². The van der Waals surface area contributed by atoms with Crippen molar-refractivity contribution in [3.63, 3.8) is 0 Å². The average Bonchev–Trinajstić information content (AvgIpc) is 3.43. The first-order valence-corrected chi connectivity index (χ1v) is 9.58. The Hall–Kier alpha value is -3.45. The summed E-state index contributed by atoms with van der Waals surface area (Å²) in [6.45, 7) is 0.531. The molecule has 1 amide bonds. The van der Waals surface area contributed by atoms with E-state index in [1.807, 2.05) is 53.9 Å². The molecule has 2 heterocycles. The number of benzene rings is 2. The number of hydrogen-bond acceptors (Lipinski definition) is 6. The van der Waals surface area contributed by atoms with Crippen molar-refractivity contribution in [2.75, 3.05) is 0 Å². The number of hydrogen-bond donors (Lipinski definition) is 1. The van der Waals surface area contributed by atoms with E-state index in [0.717, 1.165) is 10.4 Å². The van der Waals surface area contributed by atoms with Crippen molar-refractivity contribution in [1.29, 1.82) is 0 Å². The molecule has 0 saturated carbocycles. The standard InChI is InChI=1S/C21H17N3O3S/c25-21(22-13-15-7-2-1-3-8-15)16-9-4-5-10-17(16)26-14-19-23-20(24-27-19)18-11-6-12-28-18/h1-12H,13-14H2,(H,22,25). The molecule has 7 heteroatoms. The van der Waals surface area contributed by atoms with Crippen molar-refractivity contribution in [1.82, 2.24) is 15.5 Å². The van der Waals surface area contributed by atoms with Crippen molar-refractivity contribution in [3.8, 4) is 16.5 Å². The summed E-state index contributed by atoms with van der Waals surface area (Å²) >= 11 is 1.54. The number of thiophene rings is 1. The first kappa shape index (κ1) is 17.9. The highest BCUT2D eigenvalue weighted by Crippen LogP contribution is 2.23. The van der Waals surface area contributed by atoms with Gasteiger partial charge in [0, 0.05) is 6.54 Å². The van der Waals surface area contributed by atoms with Gasteiger partial charge in [0.05, 0.1) is 10.4 Å². The number of ether oxygens (including phenoxy) is 1. The van der Waals surface area contributed by atoms with E-state index >= 15 is 0 Å². The van der Waals surface area contributed by atoms with Gasteiger partial charge in [0.2, 0.25) is 5.82 Å². The molecular formula is C21H17N3O3S. The van der Waals surface area contributed by atoms with Gasteiger partial charge in [-0.15, -0.1) is 11.3 Å². The van der Waals surface area contributed by atoms with Gasteiger partial charge in [-0.25, -0.2) is 0 Å². The monoisotopic (exact) mass is 391 g/mol. The van der Waals surface area contributed by atoms with Gasteiger partial charge in [0.1, 0.15) is 5.75 Å². The van der Waals surface area contributed by atoms with E-state index in [2.05, 4.69) is 15.5 Å². The van der Waals surface area contributed by atoms with Gasteiger partial charge in [0.15, 0.2) is 6.61 Å². The minimum Gasteiger partial charge on any atom is -0.483 e. The van der Waals surface area contributed by atoms with E-state index in [1.165, 1.54) is 11.3 Å². The maximum absolute atomic E-state index is 12.6. The van der Waals surface area contributed by atoms with Crippen LogP contribution in [0.5, 0.6) is 5.75 Å². The van der Waals surface area contributed by atoms with Crippen LogP contribution in [0, 0.1) is 0 Å². The Labute approximate surface area is 165 Å². The summed E-state index contributed by atoms with van der Waals surface area (Å²) in [4.78, 5) is 17.8. The third-order valence-electron chi connectivity index (χ3n) is 3.99. The van der Waals surface area contributed by atoms with Crippen molar-refractivity contribution in [3.05, 3.63) is 89.1 Å². The lowest BCUT2D eigenvalue weighted by Crippen LogP contribution is -2.23. The molecule has 0 saturated heterocycles. The highest BCUT2D eigenvalue weighted by atomic mass is 32.1. The van der Waals surface area contributed by atoms with Gasteiger partial charge in [0.25, 0.3) is 11.8 Å². The quantitative estimate of drug-likeness (QED) is 0.508. The Morgan fingerprint density at radius 2 is 1.86 bits per heavy atom. The van der Waals surface area contributed by atoms with E-state index in [4.69, 9.17) is 9.26 Å². The molecule has 2 aromatic heterocycles. The van der Waals surface area contributed by atoms with Crippen molar-refractivity contribution in [2.45, 2.75) is 13.2 Å². The molecule has 4 rings (SSSR count). The van der Waals surface area contributed by atoms with Crippen molar-refractivity contribution in [2.24, 2.45) is 0 Å². The molecule has 28 heavy (non-hydrogen) atoms. The Bertz CT molecular complexity index is 1050. The molecule has 6 nitrogen and oxygen atoms in total. The first-order chi connectivity index (χ1) is 13.8. The fourth-order valence-corrected chi connectivity index (χ4v) is 3.26. The maximum Gasteiger partial charge on any atom is 0.264 e. The summed E-state index contributed by atoms with van der Waals surface area (Å²) in [5.74, 6) is 1.14. The number of carbonyl (C=O) groups excluding carboxylic acids is 1. The Balaban J connectivity index is 1.41. The van der Waals surface area contributed by atoms with E-state index in [-0.39, 0.29) is 12.5 Å². The molecular weight excluding hydrogens is 374 g/mol. The number of para-hydroxylation sites is 1. The molecule has 0 bridgehead atoms. The molecule has 0 radical (unpaired) electrons. The molecule has 1 N–H and O–H groups in total. The zero-order valence-corrected chi connectivity index (χ0v) is 15.7. The van der Waals surface area contributed by atoms with Crippen LogP contribution in [0.4, 0.5) is 0 Å². The second kappa shape index (κ2) is 8.49. The SMILES string of the molecule is O=C(NCc1ccccc1)c1ccccc1OCc1nc(-c2cccs2)no1. The summed E-state index contributed by atoms with van der Waals surface area (Å²) in [6.07, 6.45) is 0. The van der Waals surface area contributed by atoms with E-state index < -0.39 is 0 Å². The molecule has 0 aliphatic carbocycles. The molecule has 0 spiro atoms. The zero-order chi connectivity index (χ0) is 19.2. The number of rotatable bonds is 7. The fraction of sp³-hybridized carbons (Fsp3) is 0.0952. The van der Waals surface area contributed by atoms with Gasteiger partial charge >= 0.3 is 0 Å². The number of carbonyl (C=O) groups is 1. The third-order valence-corrected chi connectivity index (χ3v) is 4.85. The summed E-state index contributed by atoms with van der Waals surface area (Å²) in [7, 11) is 0. The molecule has 0 unspecified atom stereocenters. The largest absolute Gasteiger partial charge is 0.483 e. The van der Waals surface area contributed by atoms with Crippen LogP contribution in [-0.2, 0) is 13.2 Å². The highest BCUT2D eigenvalue weighted by Gasteiger charge is 2.14. The Kier molecular flexibility index (Phi) is 5.44. The van der Waals surface area contributed by atoms with Crippen LogP contribution in [0.1, 0.15) is 21.8 Å². The molecule has 0 aliphatic heterocycles. The number of aromatic nitrogens is 2. The molecule has 2 aromatic carbocycles. The Morgan fingerprint density at radius 3 is 2.68 bits per heavy atom. The molecule has 0 atom stereocenters. The van der Waals surface area contributed by atoms with Gasteiger partial charge in [-0.3, -0.25) is 4.79 Å². The zero-order valence-electron chi connectivity index (χ0n) is 14.9. The van der Waals surface area contributed by atoms with Crippen LogP contribution in [0.15, 0.2) is 76.6 Å². The first-order valence-electron chi connectivity index (χ1n) is 8.70. The maximum atomic E-state index is 12.6. The second-order valence-electron chi connectivity index (χ2n) is 5.94. The lowest BCUT2D eigenvalue weighted by molar-refractivity contribution is 0.0945. The molecule has 0 aliphatic rings. The fourth-order valence-electron chi connectivity index (χ4n) is 2.61. The van der Waals surface area contributed by atoms with E-state index in [9.17, 15) is 4.79 Å². The predicted molar refractivity (Wildman–Crippen MR) is 106 cm³/mol. The third kappa shape index (κ3) is 4.27. The van der Waals surface area contributed by atoms with Crippen LogP contribution >= 0.6 is 11.3 Å². The van der Waals surface area contributed by atoms with Crippen LogP contribution < -0.4 is 10.1 Å². The summed E-state index contributed by atoms with van der Waals surface area (Å²) in [5.41, 5.74) is 1.48. The Morgan fingerprint density at radius 1 is 1.04 bits per heavy atom. The lowest BCUT2D eigenvalue weighted by atomic mass is 10.1. The summed E-state index contributed by atoms with van der Waals surface area (Å²) < 4.78 is 11.0. The normalized spacial score (nSPS) is 10.6. The average molecular weight is 391 g/mol. The van der Waals surface area contributed by atoms with Gasteiger partial charge < -0.3 is 14.6 Å². The lowest BCUT2D eigenvalue weighted by Gasteiger charge is -2.10. The number of nitrogens with one attached hydrogen (secondary N) is 1. The topological polar surface area (TPSA) is 77.2 Å². The van der Waals surface area contributed by atoms with Crippen molar-refractivity contribution < 1.29 is 14.1 Å². The summed E-state index contributed by atoms with van der Waals surface area (Å²) in [6, 6.07) is 20.7.